The highest BCUT2D eigenvalue weighted by Crippen LogP contribution is 2.23. The van der Waals surface area contributed by atoms with Crippen LogP contribution in [0.15, 0.2) is 0 Å². The van der Waals surface area contributed by atoms with E-state index in [9.17, 15) is 0 Å². The summed E-state index contributed by atoms with van der Waals surface area (Å²) in [6, 6.07) is 0.368. The molecule has 2 unspecified atom stereocenters. The Morgan fingerprint density at radius 3 is 2.31 bits per heavy atom. The van der Waals surface area contributed by atoms with Crippen LogP contribution in [0.1, 0.15) is 40.5 Å². The Morgan fingerprint density at radius 2 is 1.88 bits per heavy atom. The van der Waals surface area contributed by atoms with Crippen molar-refractivity contribution in [3.63, 3.8) is 0 Å². The zero-order chi connectivity index (χ0) is 12.6. The zero-order valence-electron chi connectivity index (χ0n) is 11.8. The van der Waals surface area contributed by atoms with E-state index in [-0.39, 0.29) is 5.60 Å². The zero-order valence-corrected chi connectivity index (χ0v) is 11.8. The Hall–Kier alpha value is -0.120. The monoisotopic (exact) mass is 231 g/mol. The van der Waals surface area contributed by atoms with E-state index in [1.807, 2.05) is 0 Å². The maximum atomic E-state index is 5.59. The van der Waals surface area contributed by atoms with Gasteiger partial charge in [-0.2, -0.15) is 0 Å². The van der Waals surface area contributed by atoms with Gasteiger partial charge in [-0.3, -0.25) is 0 Å². The van der Waals surface area contributed by atoms with Crippen LogP contribution < -0.4 is 5.32 Å². The highest BCUT2D eigenvalue weighted by Gasteiger charge is 2.32. The van der Waals surface area contributed by atoms with E-state index in [0.717, 1.165) is 26.0 Å². The molecule has 98 valence electrons. The summed E-state index contributed by atoms with van der Waals surface area (Å²) in [6.07, 6.45) is 2.21. The predicted octanol–water partition coefficient (Wildman–Crippen LogP) is 2.45. The minimum absolute atomic E-state index is 0.137. The van der Waals surface area contributed by atoms with Gasteiger partial charge in [-0.1, -0.05) is 13.8 Å². The van der Waals surface area contributed by atoms with Gasteiger partial charge >= 0.3 is 0 Å². The van der Waals surface area contributed by atoms with Crippen LogP contribution in [0.3, 0.4) is 0 Å². The summed E-state index contributed by atoms with van der Waals surface area (Å²) in [7, 11) is 3.53. The van der Waals surface area contributed by atoms with Gasteiger partial charge in [0.25, 0.3) is 0 Å². The summed E-state index contributed by atoms with van der Waals surface area (Å²) in [5, 5.41) is 3.59. The summed E-state index contributed by atoms with van der Waals surface area (Å²) < 4.78 is 10.7. The largest absolute Gasteiger partial charge is 0.385 e. The Balaban J connectivity index is 4.39. The van der Waals surface area contributed by atoms with Crippen molar-refractivity contribution in [2.24, 2.45) is 5.92 Å². The van der Waals surface area contributed by atoms with Gasteiger partial charge in [-0.05, 0) is 39.2 Å². The van der Waals surface area contributed by atoms with Crippen molar-refractivity contribution < 1.29 is 9.47 Å². The molecule has 0 aliphatic rings. The van der Waals surface area contributed by atoms with E-state index in [0.29, 0.717) is 12.0 Å². The van der Waals surface area contributed by atoms with Gasteiger partial charge in [-0.25, -0.2) is 0 Å². The maximum Gasteiger partial charge on any atom is 0.0777 e. The summed E-state index contributed by atoms with van der Waals surface area (Å²) >= 11 is 0. The SMILES string of the molecule is CCCNC(C(C)CCOC)C(C)(C)OC. The molecule has 0 aromatic rings. The lowest BCUT2D eigenvalue weighted by Crippen LogP contribution is -2.52. The molecule has 0 spiro atoms. The van der Waals surface area contributed by atoms with Crippen LogP contribution in [-0.2, 0) is 9.47 Å². The topological polar surface area (TPSA) is 30.5 Å². The molecule has 1 N–H and O–H groups in total. The second-order valence-electron chi connectivity index (χ2n) is 5.00. The molecular weight excluding hydrogens is 202 g/mol. The lowest BCUT2D eigenvalue weighted by molar-refractivity contribution is -0.0289. The summed E-state index contributed by atoms with van der Waals surface area (Å²) in [6.45, 7) is 10.6. The predicted molar refractivity (Wildman–Crippen MR) is 68.8 cm³/mol. The van der Waals surface area contributed by atoms with Crippen molar-refractivity contribution in [2.45, 2.75) is 52.2 Å². The van der Waals surface area contributed by atoms with E-state index in [1.165, 1.54) is 0 Å². The minimum Gasteiger partial charge on any atom is -0.385 e. The summed E-state index contributed by atoms with van der Waals surface area (Å²) in [5.41, 5.74) is -0.137. The molecule has 0 fully saturated rings. The number of nitrogens with one attached hydrogen (secondary N) is 1. The number of hydrogen-bond donors (Lipinski definition) is 1. The molecule has 16 heavy (non-hydrogen) atoms. The first-order valence-electron chi connectivity index (χ1n) is 6.27. The molecule has 3 nitrogen and oxygen atoms in total. The molecule has 0 amide bonds. The molecule has 0 aliphatic heterocycles. The first-order chi connectivity index (χ1) is 7.49. The van der Waals surface area contributed by atoms with Gasteiger partial charge in [0.05, 0.1) is 5.60 Å². The average Bonchev–Trinajstić information content (AvgIpc) is 2.26. The van der Waals surface area contributed by atoms with E-state index >= 15 is 0 Å². The van der Waals surface area contributed by atoms with E-state index < -0.39 is 0 Å². The van der Waals surface area contributed by atoms with Crippen LogP contribution in [0.4, 0.5) is 0 Å². The Bertz CT molecular complexity index is 171. The summed E-state index contributed by atoms with van der Waals surface area (Å²) in [5.74, 6) is 0.543. The lowest BCUT2D eigenvalue weighted by Gasteiger charge is -2.38. The second kappa shape index (κ2) is 8.04. The van der Waals surface area contributed by atoms with E-state index in [2.05, 4.69) is 33.0 Å². The quantitative estimate of drug-likeness (QED) is 0.661. The van der Waals surface area contributed by atoms with Gasteiger partial charge in [-0.15, -0.1) is 0 Å². The Labute approximate surface area is 101 Å². The van der Waals surface area contributed by atoms with Crippen molar-refractivity contribution in [2.75, 3.05) is 27.4 Å². The number of methoxy groups -OCH3 is 2. The Morgan fingerprint density at radius 1 is 1.25 bits per heavy atom. The van der Waals surface area contributed by atoms with Gasteiger partial charge in [0.15, 0.2) is 0 Å². The number of hydrogen-bond acceptors (Lipinski definition) is 3. The van der Waals surface area contributed by atoms with Crippen molar-refractivity contribution in [1.29, 1.82) is 0 Å². The standard InChI is InChI=1S/C13H29NO2/c1-7-9-14-12(13(3,4)16-6)11(2)8-10-15-5/h11-12,14H,7-10H2,1-6H3. The second-order valence-corrected chi connectivity index (χ2v) is 5.00. The minimum atomic E-state index is -0.137. The molecule has 0 aromatic carbocycles. The molecule has 0 aliphatic carbocycles. The first-order valence-corrected chi connectivity index (χ1v) is 6.27. The fourth-order valence-electron chi connectivity index (χ4n) is 2.03. The van der Waals surface area contributed by atoms with Crippen LogP contribution in [0.5, 0.6) is 0 Å². The van der Waals surface area contributed by atoms with E-state index in [1.54, 1.807) is 14.2 Å². The molecule has 0 saturated carbocycles. The third-order valence-electron chi connectivity index (χ3n) is 3.24. The third kappa shape index (κ3) is 5.28. The molecule has 2 atom stereocenters. The normalized spacial score (nSPS) is 16.1. The molecule has 0 rings (SSSR count). The molecule has 0 radical (unpaired) electrons. The van der Waals surface area contributed by atoms with E-state index in [4.69, 9.17) is 9.47 Å². The van der Waals surface area contributed by atoms with Crippen molar-refractivity contribution in [3.8, 4) is 0 Å². The molecule has 0 heterocycles. The maximum absolute atomic E-state index is 5.59. The first kappa shape index (κ1) is 15.9. The number of rotatable bonds is 9. The van der Waals surface area contributed by atoms with Crippen LogP contribution in [0, 0.1) is 5.92 Å². The summed E-state index contributed by atoms with van der Waals surface area (Å²) in [4.78, 5) is 0. The van der Waals surface area contributed by atoms with Crippen LogP contribution in [0.25, 0.3) is 0 Å². The smallest absolute Gasteiger partial charge is 0.0777 e. The van der Waals surface area contributed by atoms with Crippen molar-refractivity contribution >= 4 is 0 Å². The Kier molecular flexibility index (Phi) is 7.98. The van der Waals surface area contributed by atoms with Gasteiger partial charge in [0.1, 0.15) is 0 Å². The fraction of sp³-hybridized carbons (Fsp3) is 1.00. The fourth-order valence-corrected chi connectivity index (χ4v) is 2.03. The highest BCUT2D eigenvalue weighted by molar-refractivity contribution is 4.89. The van der Waals surface area contributed by atoms with Crippen LogP contribution in [-0.4, -0.2) is 39.0 Å². The molecule has 0 saturated heterocycles. The molecule has 0 bridgehead atoms. The highest BCUT2D eigenvalue weighted by atomic mass is 16.5. The van der Waals surface area contributed by atoms with Gasteiger partial charge < -0.3 is 14.8 Å². The van der Waals surface area contributed by atoms with Crippen molar-refractivity contribution in [1.82, 2.24) is 5.32 Å². The lowest BCUT2D eigenvalue weighted by atomic mass is 9.86. The van der Waals surface area contributed by atoms with Crippen molar-refractivity contribution in [3.05, 3.63) is 0 Å². The third-order valence-corrected chi connectivity index (χ3v) is 3.24. The number of ether oxygens (including phenoxy) is 2. The molecular formula is C13H29NO2. The average molecular weight is 231 g/mol. The van der Waals surface area contributed by atoms with Gasteiger partial charge in [0.2, 0.25) is 0 Å². The van der Waals surface area contributed by atoms with Gasteiger partial charge in [0, 0.05) is 26.9 Å². The molecule has 3 heteroatoms. The molecule has 0 aromatic heterocycles. The van der Waals surface area contributed by atoms with Crippen LogP contribution in [0.2, 0.25) is 0 Å². The van der Waals surface area contributed by atoms with Crippen LogP contribution >= 0.6 is 0 Å².